The molecule has 13 heteroatoms. The number of hydrogen-bond donors (Lipinski definition) is 3. The van der Waals surface area contributed by atoms with Crippen LogP contribution in [0.1, 0.15) is 34.2 Å². The number of nitrogens with one attached hydrogen (secondary N) is 1. The molecule has 5 N–H and O–H groups in total. The van der Waals surface area contributed by atoms with Crippen molar-refractivity contribution < 1.29 is 23.4 Å². The first-order chi connectivity index (χ1) is 18.0. The molecular weight excluding hydrogens is 516 g/mol. The largest absolute Gasteiger partial charge is 0.397 e. The summed E-state index contributed by atoms with van der Waals surface area (Å²) in [6.07, 6.45) is 4.98. The van der Waals surface area contributed by atoms with Crippen LogP contribution in [0.2, 0.25) is 0 Å². The lowest BCUT2D eigenvalue weighted by Crippen LogP contribution is -2.47. The number of anilines is 3. The molecule has 10 nitrogen and oxygen atoms in total. The molecule has 1 aromatic heterocycles. The molecule has 0 bridgehead atoms. The van der Waals surface area contributed by atoms with E-state index >= 15 is 4.39 Å². The van der Waals surface area contributed by atoms with E-state index in [0.717, 1.165) is 50.5 Å². The number of nitrogens with two attached hydrogens (primary N) is 2. The summed E-state index contributed by atoms with van der Waals surface area (Å²) in [4.78, 5) is 8.81. The van der Waals surface area contributed by atoms with E-state index in [1.807, 2.05) is 19.9 Å². The molecule has 3 rings (SSSR count). The summed E-state index contributed by atoms with van der Waals surface area (Å²) in [5, 5.41) is 0.697. The molecule has 0 spiro atoms. The Hall–Kier alpha value is -3.00. The zero-order valence-corrected chi connectivity index (χ0v) is 22.8. The molecule has 1 fully saturated rings. The number of sulfonamides is 1. The summed E-state index contributed by atoms with van der Waals surface area (Å²) in [6.45, 7) is 10.6. The van der Waals surface area contributed by atoms with Crippen molar-refractivity contribution in [2.75, 3.05) is 59.7 Å². The molecule has 0 amide bonds. The van der Waals surface area contributed by atoms with Gasteiger partial charge in [0.1, 0.15) is 5.69 Å². The Morgan fingerprint density at radius 2 is 1.97 bits per heavy atom. The maximum atomic E-state index is 15.1. The Balaban J connectivity index is 0.00000533. The van der Waals surface area contributed by atoms with Gasteiger partial charge in [-0.1, -0.05) is 6.92 Å². The van der Waals surface area contributed by atoms with E-state index in [4.69, 9.17) is 16.3 Å². The molecule has 1 aliphatic rings. The molecule has 0 unspecified atom stereocenters. The second-order valence-electron chi connectivity index (χ2n) is 9.35. The molecule has 2 aromatic rings. The van der Waals surface area contributed by atoms with Crippen molar-refractivity contribution in [3.8, 4) is 0 Å². The SMILES string of the molecule is CCCS(=O)(=O)Nc1ccc(F)c(N(N)/C=C(\N)c2cncc(N3CCN(CCOC(C)C)CC3)c2)c1F.[HH]. The first-order valence-electron chi connectivity index (χ1n) is 12.5. The Kier molecular flexibility index (Phi) is 10.3. The van der Waals surface area contributed by atoms with Gasteiger partial charge in [-0.25, -0.2) is 23.0 Å². The summed E-state index contributed by atoms with van der Waals surface area (Å²) < 4.78 is 61.5. The van der Waals surface area contributed by atoms with E-state index in [0.29, 0.717) is 23.6 Å². The van der Waals surface area contributed by atoms with Crippen molar-refractivity contribution in [2.45, 2.75) is 33.3 Å². The fourth-order valence-corrected chi connectivity index (χ4v) is 5.17. The predicted molar refractivity (Wildman–Crippen MR) is 149 cm³/mol. The molecule has 212 valence electrons. The van der Waals surface area contributed by atoms with Crippen LogP contribution < -0.4 is 26.2 Å². The van der Waals surface area contributed by atoms with Crippen LogP contribution in [0.5, 0.6) is 0 Å². The summed E-state index contributed by atoms with van der Waals surface area (Å²) in [5.74, 6) is 3.62. The summed E-state index contributed by atoms with van der Waals surface area (Å²) in [5.41, 5.74) is 6.67. The highest BCUT2D eigenvalue weighted by molar-refractivity contribution is 7.92. The number of ether oxygens (including phenoxy) is 1. The topological polar surface area (TPSA) is 130 Å². The summed E-state index contributed by atoms with van der Waals surface area (Å²) in [6, 6.07) is 3.78. The number of nitrogens with zero attached hydrogens (tertiary/aromatic N) is 4. The van der Waals surface area contributed by atoms with Crippen LogP contribution in [0.15, 0.2) is 36.8 Å². The van der Waals surface area contributed by atoms with Gasteiger partial charge in [0.25, 0.3) is 0 Å². The first kappa shape index (κ1) is 29.6. The quantitative estimate of drug-likeness (QED) is 0.267. The number of rotatable bonds is 12. The third-order valence-corrected chi connectivity index (χ3v) is 7.47. The number of hydrogen-bond acceptors (Lipinski definition) is 9. The minimum Gasteiger partial charge on any atom is -0.397 e. The average Bonchev–Trinajstić information content (AvgIpc) is 2.86. The highest BCUT2D eigenvalue weighted by atomic mass is 32.2. The van der Waals surface area contributed by atoms with E-state index in [1.54, 1.807) is 13.1 Å². The van der Waals surface area contributed by atoms with Gasteiger partial charge in [0.15, 0.2) is 11.6 Å². The number of pyridine rings is 1. The van der Waals surface area contributed by atoms with Crippen LogP contribution in [-0.4, -0.2) is 69.5 Å². The van der Waals surface area contributed by atoms with Gasteiger partial charge in [0.05, 0.1) is 41.7 Å². The van der Waals surface area contributed by atoms with Crippen LogP contribution >= 0.6 is 0 Å². The van der Waals surface area contributed by atoms with Gasteiger partial charge >= 0.3 is 0 Å². The van der Waals surface area contributed by atoms with Crippen LogP contribution in [0.4, 0.5) is 25.8 Å². The van der Waals surface area contributed by atoms with Crippen LogP contribution in [0.3, 0.4) is 0 Å². The van der Waals surface area contributed by atoms with Crippen LogP contribution in [0, 0.1) is 11.6 Å². The molecule has 0 radical (unpaired) electrons. The van der Waals surface area contributed by atoms with Crippen molar-refractivity contribution in [3.63, 3.8) is 0 Å². The van der Waals surface area contributed by atoms with Gasteiger partial charge in [-0.3, -0.25) is 19.6 Å². The summed E-state index contributed by atoms with van der Waals surface area (Å²) >= 11 is 0. The minimum absolute atomic E-state index is 0. The zero-order valence-electron chi connectivity index (χ0n) is 22.0. The van der Waals surface area contributed by atoms with Crippen molar-refractivity contribution in [1.29, 1.82) is 0 Å². The molecular formula is C25H39F2N7O3S. The van der Waals surface area contributed by atoms with Crippen molar-refractivity contribution in [2.24, 2.45) is 11.6 Å². The fraction of sp³-hybridized carbons (Fsp3) is 0.480. The molecule has 1 aliphatic heterocycles. The Morgan fingerprint density at radius 3 is 2.63 bits per heavy atom. The van der Waals surface area contributed by atoms with Gasteiger partial charge < -0.3 is 15.4 Å². The maximum Gasteiger partial charge on any atom is 0.232 e. The standard InChI is InChI=1S/C25H37F2N7O3S.H2/c1-4-13-38(35,36)31-23-6-5-21(26)25(24(23)27)34(29)17-22(28)19-14-20(16-30-15-19)33-9-7-32(8-10-33)11-12-37-18(2)3;/h5-6,14-18,31H,4,7-13,28-29H2,1-3H3;1H/b22-17-;. The molecule has 1 aromatic carbocycles. The number of hydrazine groups is 1. The smallest absolute Gasteiger partial charge is 0.232 e. The van der Waals surface area contributed by atoms with Crippen molar-refractivity contribution >= 4 is 32.8 Å². The third kappa shape index (κ3) is 8.00. The van der Waals surface area contributed by atoms with Crippen LogP contribution in [-0.2, 0) is 14.8 Å². The van der Waals surface area contributed by atoms with Crippen molar-refractivity contribution in [1.82, 2.24) is 9.88 Å². The number of piperazine rings is 1. The fourth-order valence-electron chi connectivity index (χ4n) is 4.04. The zero-order chi connectivity index (χ0) is 27.9. The highest BCUT2D eigenvalue weighted by Gasteiger charge is 2.21. The Morgan fingerprint density at radius 1 is 1.26 bits per heavy atom. The second-order valence-corrected chi connectivity index (χ2v) is 11.2. The lowest BCUT2D eigenvalue weighted by Gasteiger charge is -2.36. The first-order valence-corrected chi connectivity index (χ1v) is 14.2. The average molecular weight is 556 g/mol. The monoisotopic (exact) mass is 555 g/mol. The van der Waals surface area contributed by atoms with E-state index in [-0.39, 0.29) is 19.0 Å². The Bertz CT molecular complexity index is 1230. The summed E-state index contributed by atoms with van der Waals surface area (Å²) in [7, 11) is -3.79. The van der Waals surface area contributed by atoms with Gasteiger partial charge in [-0.05, 0) is 38.5 Å². The van der Waals surface area contributed by atoms with Gasteiger partial charge in [-0.2, -0.15) is 0 Å². The lowest BCUT2D eigenvalue weighted by molar-refractivity contribution is 0.0579. The number of aromatic nitrogens is 1. The number of halogens is 2. The highest BCUT2D eigenvalue weighted by Crippen LogP contribution is 2.29. The van der Waals surface area contributed by atoms with E-state index in [2.05, 4.69) is 19.5 Å². The predicted octanol–water partition coefficient (Wildman–Crippen LogP) is 2.94. The lowest BCUT2D eigenvalue weighted by atomic mass is 10.2. The maximum absolute atomic E-state index is 15.1. The normalized spacial score (nSPS) is 15.2. The van der Waals surface area contributed by atoms with Gasteiger partial charge in [0.2, 0.25) is 10.0 Å². The molecule has 0 saturated carbocycles. The molecule has 2 heterocycles. The van der Waals surface area contributed by atoms with Crippen LogP contribution in [0.25, 0.3) is 5.70 Å². The third-order valence-electron chi connectivity index (χ3n) is 5.99. The van der Waals surface area contributed by atoms with Gasteiger partial charge in [-0.15, -0.1) is 0 Å². The van der Waals surface area contributed by atoms with Gasteiger partial charge in [0, 0.05) is 52.1 Å². The molecule has 1 saturated heterocycles. The molecule has 38 heavy (non-hydrogen) atoms. The Labute approximate surface area is 224 Å². The minimum atomic E-state index is -3.79. The number of benzene rings is 1. The molecule has 0 atom stereocenters. The van der Waals surface area contributed by atoms with Crippen molar-refractivity contribution in [3.05, 3.63) is 54.0 Å². The molecule has 0 aliphatic carbocycles. The second kappa shape index (κ2) is 13.2. The van der Waals surface area contributed by atoms with E-state index in [1.165, 1.54) is 12.4 Å². The van der Waals surface area contributed by atoms with E-state index < -0.39 is 33.0 Å². The van der Waals surface area contributed by atoms with E-state index in [9.17, 15) is 12.8 Å².